The predicted molar refractivity (Wildman–Crippen MR) is 44.2 cm³/mol. The van der Waals surface area contributed by atoms with Crippen molar-refractivity contribution >= 4 is 18.4 Å². The number of aliphatic imine (C=N–C) groups is 1. The minimum atomic E-state index is 0. The van der Waals surface area contributed by atoms with Gasteiger partial charge >= 0.3 is 0 Å². The van der Waals surface area contributed by atoms with Gasteiger partial charge in [0.1, 0.15) is 0 Å². The fourth-order valence-electron chi connectivity index (χ4n) is 0.432. The highest BCUT2D eigenvalue weighted by Crippen LogP contribution is 1.85. The molecule has 0 bridgehead atoms. The van der Waals surface area contributed by atoms with E-state index in [1.165, 1.54) is 0 Å². The molecule has 0 fully saturated rings. The zero-order chi connectivity index (χ0) is 7.11. The Morgan fingerprint density at radius 2 is 1.90 bits per heavy atom. The molecule has 0 atom stereocenters. The van der Waals surface area contributed by atoms with E-state index in [4.69, 9.17) is 16.6 Å². The van der Waals surface area contributed by atoms with Gasteiger partial charge in [0.05, 0.1) is 0 Å². The summed E-state index contributed by atoms with van der Waals surface area (Å²) in [6.07, 6.45) is 1.60. The van der Waals surface area contributed by atoms with Crippen molar-refractivity contribution in [3.05, 3.63) is 0 Å². The molecule has 4 nitrogen and oxygen atoms in total. The first-order chi connectivity index (χ1) is 4.27. The Labute approximate surface area is 66.7 Å². The second-order valence-corrected chi connectivity index (χ2v) is 1.74. The lowest BCUT2D eigenvalue weighted by molar-refractivity contribution is 0.285. The normalized spacial score (nSPS) is 8.10. The van der Waals surface area contributed by atoms with Gasteiger partial charge in [0.25, 0.3) is 0 Å². The third kappa shape index (κ3) is 10.5. The van der Waals surface area contributed by atoms with Crippen molar-refractivity contribution in [1.29, 1.82) is 0 Å². The van der Waals surface area contributed by atoms with Crippen LogP contribution in [0.2, 0.25) is 0 Å². The first kappa shape index (κ1) is 12.2. The maximum Gasteiger partial charge on any atom is 0.185 e. The summed E-state index contributed by atoms with van der Waals surface area (Å²) in [5.74, 6) is 0.118. The largest absolute Gasteiger partial charge is 0.396 e. The zero-order valence-corrected chi connectivity index (χ0v) is 6.60. The summed E-state index contributed by atoms with van der Waals surface area (Å²) in [6.45, 7) is 0.822. The number of aliphatic hydroxyl groups excluding tert-OH is 1. The van der Waals surface area contributed by atoms with E-state index in [-0.39, 0.29) is 25.0 Å². The van der Waals surface area contributed by atoms with E-state index in [0.717, 1.165) is 12.8 Å². The van der Waals surface area contributed by atoms with E-state index < -0.39 is 0 Å². The quantitative estimate of drug-likeness (QED) is 0.299. The molecule has 0 aromatic rings. The van der Waals surface area contributed by atoms with Gasteiger partial charge in [-0.25, -0.2) is 0 Å². The van der Waals surface area contributed by atoms with Crippen LogP contribution in [0.4, 0.5) is 0 Å². The van der Waals surface area contributed by atoms with Crippen LogP contribution in [-0.2, 0) is 0 Å². The minimum absolute atomic E-state index is 0. The molecule has 5 heteroatoms. The van der Waals surface area contributed by atoms with E-state index >= 15 is 0 Å². The number of aliphatic hydroxyl groups is 1. The van der Waals surface area contributed by atoms with E-state index in [1.54, 1.807) is 0 Å². The van der Waals surface area contributed by atoms with Gasteiger partial charge in [-0.1, -0.05) is 0 Å². The van der Waals surface area contributed by atoms with Gasteiger partial charge in [0, 0.05) is 13.2 Å². The third-order valence-electron chi connectivity index (χ3n) is 0.861. The number of hydrogen-bond donors (Lipinski definition) is 3. The lowest BCUT2D eigenvalue weighted by Gasteiger charge is -1.92. The number of hydrogen-bond acceptors (Lipinski definition) is 2. The molecule has 0 saturated carbocycles. The molecule has 0 unspecified atom stereocenters. The summed E-state index contributed by atoms with van der Waals surface area (Å²) in [5.41, 5.74) is 10.1. The second kappa shape index (κ2) is 8.52. The third-order valence-corrected chi connectivity index (χ3v) is 0.861. The molecule has 0 aliphatic rings. The van der Waals surface area contributed by atoms with Crippen molar-refractivity contribution in [3.63, 3.8) is 0 Å². The average molecular weight is 168 g/mol. The second-order valence-electron chi connectivity index (χ2n) is 1.74. The summed E-state index contributed by atoms with van der Waals surface area (Å²) in [6, 6.07) is 0. The molecule has 5 N–H and O–H groups in total. The van der Waals surface area contributed by atoms with E-state index in [2.05, 4.69) is 4.99 Å². The molecule has 0 saturated heterocycles. The number of nitrogens with two attached hydrogens (primary N) is 2. The van der Waals surface area contributed by atoms with Crippen molar-refractivity contribution in [2.75, 3.05) is 13.2 Å². The molecule has 0 aromatic heterocycles. The lowest BCUT2D eigenvalue weighted by atomic mass is 10.3. The highest BCUT2D eigenvalue weighted by molar-refractivity contribution is 5.85. The molecule has 0 rings (SSSR count). The number of halogens is 1. The summed E-state index contributed by atoms with van der Waals surface area (Å²) < 4.78 is 0. The van der Waals surface area contributed by atoms with Crippen molar-refractivity contribution in [2.45, 2.75) is 12.8 Å². The Bertz CT molecular complexity index is 92.9. The van der Waals surface area contributed by atoms with Crippen LogP contribution in [0.3, 0.4) is 0 Å². The van der Waals surface area contributed by atoms with Crippen molar-refractivity contribution in [1.82, 2.24) is 0 Å². The van der Waals surface area contributed by atoms with Gasteiger partial charge in [-0.05, 0) is 12.8 Å². The van der Waals surface area contributed by atoms with Gasteiger partial charge in [0.15, 0.2) is 5.96 Å². The Hall–Kier alpha value is -0.480. The molecule has 0 aliphatic heterocycles. The van der Waals surface area contributed by atoms with Gasteiger partial charge in [-0.3, -0.25) is 4.99 Å². The molecule has 0 radical (unpaired) electrons. The molecule has 0 aliphatic carbocycles. The average Bonchev–Trinajstić information content (AvgIpc) is 1.80. The summed E-state index contributed by atoms with van der Waals surface area (Å²) in [4.78, 5) is 3.72. The smallest absolute Gasteiger partial charge is 0.185 e. The summed E-state index contributed by atoms with van der Waals surface area (Å²) >= 11 is 0. The van der Waals surface area contributed by atoms with Crippen LogP contribution in [0.1, 0.15) is 12.8 Å². The zero-order valence-electron chi connectivity index (χ0n) is 5.79. The molecular weight excluding hydrogens is 154 g/mol. The maximum absolute atomic E-state index is 8.32. The Morgan fingerprint density at radius 3 is 2.30 bits per heavy atom. The van der Waals surface area contributed by atoms with Gasteiger partial charge in [-0.15, -0.1) is 12.4 Å². The van der Waals surface area contributed by atoms with Crippen molar-refractivity contribution in [3.8, 4) is 0 Å². The monoisotopic (exact) mass is 167 g/mol. The van der Waals surface area contributed by atoms with Crippen LogP contribution in [0, 0.1) is 0 Å². The van der Waals surface area contributed by atoms with E-state index in [1.807, 2.05) is 0 Å². The standard InChI is InChI=1S/C5H13N3O.ClH/c6-5(7)8-3-1-2-4-9;/h9H,1-4H2,(H4,6,7,8);1H. The molecule has 0 amide bonds. The highest BCUT2D eigenvalue weighted by atomic mass is 35.5. The highest BCUT2D eigenvalue weighted by Gasteiger charge is 1.83. The number of unbranched alkanes of at least 4 members (excludes halogenated alkanes) is 1. The maximum atomic E-state index is 8.32. The van der Waals surface area contributed by atoms with Crippen LogP contribution in [-0.4, -0.2) is 24.2 Å². The molecule has 62 valence electrons. The van der Waals surface area contributed by atoms with Gasteiger partial charge in [-0.2, -0.15) is 0 Å². The number of nitrogens with zero attached hydrogens (tertiary/aromatic N) is 1. The summed E-state index contributed by atoms with van der Waals surface area (Å²) in [7, 11) is 0. The van der Waals surface area contributed by atoms with Crippen LogP contribution in [0.15, 0.2) is 4.99 Å². The SMILES string of the molecule is Cl.NC(N)=NCCCCO. The van der Waals surface area contributed by atoms with Gasteiger partial charge < -0.3 is 16.6 Å². The minimum Gasteiger partial charge on any atom is -0.396 e. The Morgan fingerprint density at radius 1 is 1.30 bits per heavy atom. The predicted octanol–water partition coefficient (Wildman–Crippen LogP) is -0.546. The van der Waals surface area contributed by atoms with Crippen molar-refractivity contribution in [2.24, 2.45) is 16.5 Å². The number of guanidine groups is 1. The Kier molecular flexibility index (Phi) is 10.4. The van der Waals surface area contributed by atoms with E-state index in [9.17, 15) is 0 Å². The van der Waals surface area contributed by atoms with Gasteiger partial charge in [0.2, 0.25) is 0 Å². The Balaban J connectivity index is 0. The van der Waals surface area contributed by atoms with Crippen molar-refractivity contribution < 1.29 is 5.11 Å². The topological polar surface area (TPSA) is 84.6 Å². The lowest BCUT2D eigenvalue weighted by Crippen LogP contribution is -2.22. The number of rotatable bonds is 4. The van der Waals surface area contributed by atoms with Crippen LogP contribution in [0.5, 0.6) is 0 Å². The van der Waals surface area contributed by atoms with E-state index in [0.29, 0.717) is 6.54 Å². The fourth-order valence-corrected chi connectivity index (χ4v) is 0.432. The summed E-state index contributed by atoms with van der Waals surface area (Å²) in [5, 5.41) is 8.32. The first-order valence-electron chi connectivity index (χ1n) is 2.93. The molecule has 0 aromatic carbocycles. The van der Waals surface area contributed by atoms with Crippen LogP contribution >= 0.6 is 12.4 Å². The molecule has 0 spiro atoms. The fraction of sp³-hybridized carbons (Fsp3) is 0.800. The molecule has 10 heavy (non-hydrogen) atoms. The van der Waals surface area contributed by atoms with Crippen LogP contribution in [0.25, 0.3) is 0 Å². The van der Waals surface area contributed by atoms with Crippen LogP contribution < -0.4 is 11.5 Å². The first-order valence-corrected chi connectivity index (χ1v) is 2.93. The molecule has 0 heterocycles. The molecular formula is C5H14ClN3O.